The van der Waals surface area contributed by atoms with Crippen molar-refractivity contribution in [1.29, 1.82) is 0 Å². The molecule has 0 heterocycles. The molecule has 1 unspecified atom stereocenters. The highest BCUT2D eigenvalue weighted by molar-refractivity contribution is 5.27. The quantitative estimate of drug-likeness (QED) is 0.746. The number of aliphatic hydroxyl groups is 1. The SMILES string of the molecule is CCC(CC)NCC(O)COc1cccc(C)c1. The van der Waals surface area contributed by atoms with Crippen molar-refractivity contribution >= 4 is 0 Å². The zero-order chi connectivity index (χ0) is 13.4. The smallest absolute Gasteiger partial charge is 0.119 e. The highest BCUT2D eigenvalue weighted by atomic mass is 16.5. The van der Waals surface area contributed by atoms with Crippen molar-refractivity contribution in [2.75, 3.05) is 13.2 Å². The summed E-state index contributed by atoms with van der Waals surface area (Å²) >= 11 is 0. The number of aliphatic hydroxyl groups excluding tert-OH is 1. The Morgan fingerprint density at radius 2 is 2.00 bits per heavy atom. The second-order valence-corrected chi connectivity index (χ2v) is 4.70. The average molecular weight is 251 g/mol. The molecule has 0 aliphatic rings. The maximum absolute atomic E-state index is 9.83. The van der Waals surface area contributed by atoms with E-state index < -0.39 is 6.10 Å². The van der Waals surface area contributed by atoms with Crippen LogP contribution in [0.5, 0.6) is 5.75 Å². The first-order valence-electron chi connectivity index (χ1n) is 6.76. The van der Waals surface area contributed by atoms with Crippen LogP contribution in [0.3, 0.4) is 0 Å². The Hall–Kier alpha value is -1.06. The number of hydrogen-bond acceptors (Lipinski definition) is 3. The molecular formula is C15H25NO2. The van der Waals surface area contributed by atoms with Crippen molar-refractivity contribution in [3.05, 3.63) is 29.8 Å². The minimum absolute atomic E-state index is 0.330. The molecule has 0 spiro atoms. The number of aryl methyl sites for hydroxylation is 1. The number of rotatable bonds is 8. The van der Waals surface area contributed by atoms with Crippen molar-refractivity contribution in [1.82, 2.24) is 5.32 Å². The first-order chi connectivity index (χ1) is 8.65. The molecule has 3 nitrogen and oxygen atoms in total. The summed E-state index contributed by atoms with van der Waals surface area (Å²) in [5, 5.41) is 13.2. The Balaban J connectivity index is 2.26. The zero-order valence-electron chi connectivity index (χ0n) is 11.6. The van der Waals surface area contributed by atoms with Crippen LogP contribution in [0.2, 0.25) is 0 Å². The van der Waals surface area contributed by atoms with Gasteiger partial charge in [-0.15, -0.1) is 0 Å². The van der Waals surface area contributed by atoms with E-state index in [-0.39, 0.29) is 0 Å². The maximum Gasteiger partial charge on any atom is 0.119 e. The fourth-order valence-electron chi connectivity index (χ4n) is 1.84. The Morgan fingerprint density at radius 1 is 1.28 bits per heavy atom. The van der Waals surface area contributed by atoms with E-state index in [1.54, 1.807) is 0 Å². The lowest BCUT2D eigenvalue weighted by Gasteiger charge is -2.18. The molecule has 0 bridgehead atoms. The Kier molecular flexibility index (Phi) is 6.76. The number of nitrogens with one attached hydrogen (secondary N) is 1. The van der Waals surface area contributed by atoms with E-state index in [0.717, 1.165) is 24.2 Å². The van der Waals surface area contributed by atoms with E-state index in [1.807, 2.05) is 31.2 Å². The van der Waals surface area contributed by atoms with Crippen LogP contribution >= 0.6 is 0 Å². The number of ether oxygens (including phenoxy) is 1. The summed E-state index contributed by atoms with van der Waals surface area (Å²) in [4.78, 5) is 0. The van der Waals surface area contributed by atoms with Crippen molar-refractivity contribution < 1.29 is 9.84 Å². The monoisotopic (exact) mass is 251 g/mol. The van der Waals surface area contributed by atoms with Crippen LogP contribution in [-0.4, -0.2) is 30.4 Å². The Bertz CT molecular complexity index is 337. The third kappa shape index (κ3) is 5.52. The standard InChI is InChI=1S/C15H25NO2/c1-4-13(5-2)16-10-14(17)11-18-15-8-6-7-12(3)9-15/h6-9,13-14,16-17H,4-5,10-11H2,1-3H3. The molecule has 0 saturated heterocycles. The van der Waals surface area contributed by atoms with Crippen LogP contribution in [0.15, 0.2) is 24.3 Å². The van der Waals surface area contributed by atoms with Crippen molar-refractivity contribution in [3.63, 3.8) is 0 Å². The molecule has 0 fully saturated rings. The Morgan fingerprint density at radius 3 is 2.61 bits per heavy atom. The summed E-state index contributed by atoms with van der Waals surface area (Å²) in [6.07, 6.45) is 1.70. The molecule has 0 aliphatic heterocycles. The largest absolute Gasteiger partial charge is 0.491 e. The van der Waals surface area contributed by atoms with Gasteiger partial charge < -0.3 is 15.2 Å². The summed E-state index contributed by atoms with van der Waals surface area (Å²) in [6, 6.07) is 8.35. The molecule has 18 heavy (non-hydrogen) atoms. The first-order valence-corrected chi connectivity index (χ1v) is 6.76. The fourth-order valence-corrected chi connectivity index (χ4v) is 1.84. The first kappa shape index (κ1) is 15.0. The second-order valence-electron chi connectivity index (χ2n) is 4.70. The highest BCUT2D eigenvalue weighted by Crippen LogP contribution is 2.12. The molecular weight excluding hydrogens is 226 g/mol. The minimum atomic E-state index is -0.467. The lowest BCUT2D eigenvalue weighted by molar-refractivity contribution is 0.103. The number of hydrogen-bond donors (Lipinski definition) is 2. The van der Waals surface area contributed by atoms with Crippen LogP contribution in [0.25, 0.3) is 0 Å². The van der Waals surface area contributed by atoms with Gasteiger partial charge in [0.1, 0.15) is 18.5 Å². The van der Waals surface area contributed by atoms with Gasteiger partial charge in [0.25, 0.3) is 0 Å². The van der Waals surface area contributed by atoms with Gasteiger partial charge in [0.15, 0.2) is 0 Å². The van der Waals surface area contributed by atoms with Crippen molar-refractivity contribution in [2.24, 2.45) is 0 Å². The van der Waals surface area contributed by atoms with Crippen LogP contribution in [0, 0.1) is 6.92 Å². The van der Waals surface area contributed by atoms with E-state index in [4.69, 9.17) is 4.74 Å². The predicted octanol–water partition coefficient (Wildman–Crippen LogP) is 2.51. The lowest BCUT2D eigenvalue weighted by Crippen LogP contribution is -2.37. The summed E-state index contributed by atoms with van der Waals surface area (Å²) in [6.45, 7) is 7.24. The average Bonchev–Trinajstić information content (AvgIpc) is 2.37. The van der Waals surface area contributed by atoms with Crippen LogP contribution in [0.1, 0.15) is 32.3 Å². The van der Waals surface area contributed by atoms with Gasteiger partial charge in [-0.1, -0.05) is 26.0 Å². The van der Waals surface area contributed by atoms with Crippen LogP contribution < -0.4 is 10.1 Å². The third-order valence-electron chi connectivity index (χ3n) is 3.06. The van der Waals surface area contributed by atoms with Gasteiger partial charge in [0.2, 0.25) is 0 Å². The molecule has 1 rings (SSSR count). The van der Waals surface area contributed by atoms with E-state index in [2.05, 4.69) is 19.2 Å². The minimum Gasteiger partial charge on any atom is -0.491 e. The normalized spacial score (nSPS) is 12.7. The topological polar surface area (TPSA) is 41.5 Å². The van der Waals surface area contributed by atoms with Gasteiger partial charge in [-0.05, 0) is 37.5 Å². The van der Waals surface area contributed by atoms with E-state index >= 15 is 0 Å². The molecule has 0 aliphatic carbocycles. The van der Waals surface area contributed by atoms with Gasteiger partial charge in [-0.2, -0.15) is 0 Å². The molecule has 1 atom stereocenters. The van der Waals surface area contributed by atoms with Gasteiger partial charge >= 0.3 is 0 Å². The van der Waals surface area contributed by atoms with Crippen LogP contribution in [0.4, 0.5) is 0 Å². The molecule has 102 valence electrons. The molecule has 3 heteroatoms. The van der Waals surface area contributed by atoms with Crippen LogP contribution in [-0.2, 0) is 0 Å². The van der Waals surface area contributed by atoms with Crippen molar-refractivity contribution in [3.8, 4) is 5.75 Å². The maximum atomic E-state index is 9.83. The van der Waals surface area contributed by atoms with E-state index in [0.29, 0.717) is 19.2 Å². The summed E-state index contributed by atoms with van der Waals surface area (Å²) in [5.74, 6) is 0.816. The van der Waals surface area contributed by atoms with Gasteiger partial charge in [0, 0.05) is 12.6 Å². The molecule has 1 aromatic carbocycles. The number of benzene rings is 1. The Labute approximate surface area is 110 Å². The van der Waals surface area contributed by atoms with E-state index in [1.165, 1.54) is 0 Å². The fraction of sp³-hybridized carbons (Fsp3) is 0.600. The van der Waals surface area contributed by atoms with Gasteiger partial charge in [0.05, 0.1) is 0 Å². The van der Waals surface area contributed by atoms with Gasteiger partial charge in [-0.3, -0.25) is 0 Å². The van der Waals surface area contributed by atoms with Crippen molar-refractivity contribution in [2.45, 2.75) is 45.8 Å². The summed E-state index contributed by atoms with van der Waals surface area (Å²) in [5.41, 5.74) is 1.16. The molecule has 0 radical (unpaired) electrons. The third-order valence-corrected chi connectivity index (χ3v) is 3.06. The zero-order valence-corrected chi connectivity index (χ0v) is 11.6. The molecule has 1 aromatic rings. The molecule has 0 saturated carbocycles. The van der Waals surface area contributed by atoms with Gasteiger partial charge in [-0.25, -0.2) is 0 Å². The molecule has 0 aromatic heterocycles. The highest BCUT2D eigenvalue weighted by Gasteiger charge is 2.08. The molecule has 2 N–H and O–H groups in total. The second kappa shape index (κ2) is 8.11. The summed E-state index contributed by atoms with van der Waals surface area (Å²) in [7, 11) is 0. The lowest BCUT2D eigenvalue weighted by atomic mass is 10.1. The molecule has 0 amide bonds. The van der Waals surface area contributed by atoms with E-state index in [9.17, 15) is 5.11 Å². The summed E-state index contributed by atoms with van der Waals surface area (Å²) < 4.78 is 5.56. The predicted molar refractivity (Wildman–Crippen MR) is 75.1 cm³/mol.